The van der Waals surface area contributed by atoms with E-state index in [-0.39, 0.29) is 17.7 Å². The van der Waals surface area contributed by atoms with Gasteiger partial charge in [0, 0.05) is 30.4 Å². The number of allylic oxidation sites excluding steroid dienone is 6. The lowest BCUT2D eigenvalue weighted by Gasteiger charge is -2.51. The molecule has 34 heavy (non-hydrogen) atoms. The van der Waals surface area contributed by atoms with Crippen molar-refractivity contribution in [1.82, 2.24) is 0 Å². The van der Waals surface area contributed by atoms with Crippen molar-refractivity contribution in [2.45, 2.75) is 65.0 Å². The summed E-state index contributed by atoms with van der Waals surface area (Å²) in [5, 5.41) is 14.6. The van der Waals surface area contributed by atoms with Gasteiger partial charge in [-0.2, -0.15) is 0 Å². The van der Waals surface area contributed by atoms with Crippen molar-refractivity contribution in [2.24, 2.45) is 5.92 Å². The molecule has 1 aromatic rings. The molecule has 4 atom stereocenters. The summed E-state index contributed by atoms with van der Waals surface area (Å²) in [6, 6.07) is 6.44. The van der Waals surface area contributed by atoms with Gasteiger partial charge >= 0.3 is 5.97 Å². The maximum Gasteiger partial charge on any atom is 0.338 e. The van der Waals surface area contributed by atoms with E-state index in [1.807, 2.05) is 38.2 Å². The van der Waals surface area contributed by atoms with Crippen LogP contribution in [0.5, 0.6) is 0 Å². The second-order valence-electron chi connectivity index (χ2n) is 9.51. The second kappa shape index (κ2) is 10.1. The quantitative estimate of drug-likeness (QED) is 0.159. The van der Waals surface area contributed by atoms with E-state index >= 15 is 0 Å². The van der Waals surface area contributed by atoms with Gasteiger partial charge in [0.2, 0.25) is 0 Å². The molecule has 0 fully saturated rings. The highest BCUT2D eigenvalue weighted by Crippen LogP contribution is 2.41. The minimum Gasteiger partial charge on any atom is -0.622 e. The first-order chi connectivity index (χ1) is 16.3. The number of esters is 1. The van der Waals surface area contributed by atoms with Gasteiger partial charge < -0.3 is 9.94 Å². The lowest BCUT2D eigenvalue weighted by Crippen LogP contribution is -2.49. The number of hydrogen-bond donors (Lipinski definition) is 0. The number of hydrogen-bond acceptors (Lipinski definition) is 4. The van der Waals surface area contributed by atoms with Gasteiger partial charge in [-0.3, -0.25) is 9.44 Å². The molecule has 3 aliphatic rings. The average molecular weight is 460 g/mol. The fourth-order valence-electron chi connectivity index (χ4n) is 5.12. The van der Waals surface area contributed by atoms with Gasteiger partial charge in [0.25, 0.3) is 0 Å². The van der Waals surface area contributed by atoms with Crippen molar-refractivity contribution in [1.29, 1.82) is 0 Å². The number of Topliss-reactive ketones (excluding diaryl/α,β-unsaturated/α-hetero) is 1. The molecule has 0 radical (unpaired) electrons. The molecule has 178 valence electrons. The van der Waals surface area contributed by atoms with Crippen molar-refractivity contribution in [3.8, 4) is 0 Å². The molecule has 0 saturated heterocycles. The van der Waals surface area contributed by atoms with Gasteiger partial charge in [0.15, 0.2) is 5.78 Å². The number of nitrogens with zero attached hydrogens (tertiary/aromatic N) is 1. The van der Waals surface area contributed by atoms with Crippen LogP contribution in [0.25, 0.3) is 0 Å². The Morgan fingerprint density at radius 2 is 1.94 bits per heavy atom. The van der Waals surface area contributed by atoms with Crippen LogP contribution in [0, 0.1) is 11.1 Å². The number of carbonyl (C=O) groups excluding carboxylic acids is 2. The van der Waals surface area contributed by atoms with E-state index in [9.17, 15) is 14.8 Å². The molecule has 4 unspecified atom stereocenters. The molecule has 5 nitrogen and oxygen atoms in total. The molecular weight excluding hydrogens is 426 g/mol. The van der Waals surface area contributed by atoms with Gasteiger partial charge in [-0.05, 0) is 69.0 Å². The summed E-state index contributed by atoms with van der Waals surface area (Å²) in [6.07, 6.45) is 18.2. The fraction of sp³-hybridized carbons (Fsp3) is 0.379. The zero-order valence-corrected chi connectivity index (χ0v) is 20.2. The average Bonchev–Trinajstić information content (AvgIpc) is 2.86. The van der Waals surface area contributed by atoms with Crippen molar-refractivity contribution in [3.05, 3.63) is 100 Å². The third-order valence-corrected chi connectivity index (χ3v) is 6.97. The standard InChI is InChI=1S/C29H33NO4/c1-20-17-27(30(33,25-13-6-4-7-14-25)26-15-8-5-9-16-26)18-21(2)28(20)34-29(32)24-12-10-11-23(19-24)22(3)31/h4,6,8,10-13,15,17-20,26,28H,5,7,9,14,16H2,1-3H3. The number of quaternary nitrogens is 1. The lowest BCUT2D eigenvalue weighted by molar-refractivity contribution is -0.823. The summed E-state index contributed by atoms with van der Waals surface area (Å²) in [4.78, 5) is 24.6. The highest BCUT2D eigenvalue weighted by Gasteiger charge is 2.39. The Hall–Kier alpha value is -3.02. The lowest BCUT2D eigenvalue weighted by atomic mass is 9.89. The summed E-state index contributed by atoms with van der Waals surface area (Å²) in [7, 11) is 0. The number of rotatable bonds is 6. The van der Waals surface area contributed by atoms with E-state index in [0.29, 0.717) is 16.8 Å². The normalized spacial score (nSPS) is 26.1. The Labute approximate surface area is 202 Å². The zero-order valence-electron chi connectivity index (χ0n) is 20.2. The molecule has 3 aliphatic carbocycles. The van der Waals surface area contributed by atoms with Crippen LogP contribution in [0.4, 0.5) is 0 Å². The van der Waals surface area contributed by atoms with Crippen molar-refractivity contribution in [2.75, 3.05) is 0 Å². The first-order valence-electron chi connectivity index (χ1n) is 12.2. The molecule has 0 aromatic heterocycles. The van der Waals surface area contributed by atoms with E-state index in [2.05, 4.69) is 18.2 Å². The van der Waals surface area contributed by atoms with Crippen LogP contribution in [-0.4, -0.2) is 28.5 Å². The maximum absolute atomic E-state index is 14.6. The van der Waals surface area contributed by atoms with Crippen LogP contribution in [0.2, 0.25) is 0 Å². The molecule has 0 aliphatic heterocycles. The zero-order chi connectivity index (χ0) is 24.3. The fourth-order valence-corrected chi connectivity index (χ4v) is 5.12. The topological polar surface area (TPSA) is 66.4 Å². The SMILES string of the molecule is CC(=O)c1cccc(C(=O)OC2C(C)=CC([N+]([O-])(C3=CC=CCC3)C3C=CCCC3)=CC2C)c1. The number of ether oxygens (including phenoxy) is 1. The largest absolute Gasteiger partial charge is 0.622 e. The Balaban J connectivity index is 1.61. The predicted molar refractivity (Wildman–Crippen MR) is 134 cm³/mol. The van der Waals surface area contributed by atoms with Gasteiger partial charge in [-0.15, -0.1) is 0 Å². The molecule has 0 amide bonds. The Bertz CT molecular complexity index is 1120. The predicted octanol–water partition coefficient (Wildman–Crippen LogP) is 6.55. The van der Waals surface area contributed by atoms with E-state index < -0.39 is 16.7 Å². The number of carbonyl (C=O) groups is 2. The minimum absolute atomic E-state index is 0.0995. The van der Waals surface area contributed by atoms with Gasteiger partial charge in [0.1, 0.15) is 23.5 Å². The number of ketones is 1. The third-order valence-electron chi connectivity index (χ3n) is 6.97. The summed E-state index contributed by atoms with van der Waals surface area (Å²) in [5.41, 5.74) is 3.27. The summed E-state index contributed by atoms with van der Waals surface area (Å²) < 4.78 is 5.41. The first kappa shape index (κ1) is 24.1. The molecule has 0 saturated carbocycles. The van der Waals surface area contributed by atoms with Crippen LogP contribution in [-0.2, 0) is 4.74 Å². The monoisotopic (exact) mass is 459 g/mol. The van der Waals surface area contributed by atoms with Crippen LogP contribution >= 0.6 is 0 Å². The molecule has 0 N–H and O–H groups in total. The Morgan fingerprint density at radius 3 is 2.59 bits per heavy atom. The highest BCUT2D eigenvalue weighted by molar-refractivity contribution is 5.97. The van der Waals surface area contributed by atoms with Crippen molar-refractivity contribution in [3.63, 3.8) is 0 Å². The Kier molecular flexibility index (Phi) is 7.15. The molecule has 0 bridgehead atoms. The van der Waals surface area contributed by atoms with Gasteiger partial charge in [-0.1, -0.05) is 37.3 Å². The van der Waals surface area contributed by atoms with Crippen LogP contribution in [0.15, 0.2) is 83.8 Å². The molecule has 0 heterocycles. The number of hydroxylamine groups is 3. The van der Waals surface area contributed by atoms with E-state index in [4.69, 9.17) is 4.74 Å². The summed E-state index contributed by atoms with van der Waals surface area (Å²) in [5.74, 6) is -0.723. The van der Waals surface area contributed by atoms with E-state index in [1.54, 1.807) is 24.3 Å². The first-order valence-corrected chi connectivity index (χ1v) is 12.2. The van der Waals surface area contributed by atoms with Crippen molar-refractivity contribution < 1.29 is 19.0 Å². The van der Waals surface area contributed by atoms with Gasteiger partial charge in [0.05, 0.1) is 5.56 Å². The Morgan fingerprint density at radius 1 is 1.15 bits per heavy atom. The van der Waals surface area contributed by atoms with Gasteiger partial charge in [-0.25, -0.2) is 4.79 Å². The molecule has 0 spiro atoms. The molecule has 1 aromatic carbocycles. The van der Waals surface area contributed by atoms with Crippen molar-refractivity contribution >= 4 is 11.8 Å². The number of benzene rings is 1. The highest BCUT2D eigenvalue weighted by atomic mass is 16.6. The minimum atomic E-state index is -0.470. The van der Waals surface area contributed by atoms with Crippen LogP contribution in [0.3, 0.4) is 0 Å². The summed E-state index contributed by atoms with van der Waals surface area (Å²) >= 11 is 0. The maximum atomic E-state index is 14.6. The molecular formula is C29H33NO4. The molecule has 5 heteroatoms. The molecule has 4 rings (SSSR count). The van der Waals surface area contributed by atoms with E-state index in [1.165, 1.54) is 6.92 Å². The van der Waals surface area contributed by atoms with E-state index in [0.717, 1.165) is 43.4 Å². The smallest absolute Gasteiger partial charge is 0.338 e. The second-order valence-corrected chi connectivity index (χ2v) is 9.51. The van der Waals surface area contributed by atoms with Crippen LogP contribution < -0.4 is 0 Å². The van der Waals surface area contributed by atoms with Crippen LogP contribution in [0.1, 0.15) is 73.6 Å². The third kappa shape index (κ3) is 4.77. The summed E-state index contributed by atoms with van der Waals surface area (Å²) in [6.45, 7) is 5.37.